The number of nitrogens with zero attached hydrogens (tertiary/aromatic N) is 6. The minimum absolute atomic E-state index is 0.211. The van der Waals surface area contributed by atoms with Crippen molar-refractivity contribution in [2.75, 3.05) is 50.1 Å². The van der Waals surface area contributed by atoms with E-state index >= 15 is 0 Å². The lowest BCUT2D eigenvalue weighted by Gasteiger charge is -2.48. The molecule has 1 aliphatic carbocycles. The number of fused-ring (bicyclic) bond motifs is 1. The van der Waals surface area contributed by atoms with Gasteiger partial charge in [-0.3, -0.25) is 29.4 Å². The van der Waals surface area contributed by atoms with Crippen LogP contribution in [0.3, 0.4) is 0 Å². The number of carbonyl (C=O) groups is 3. The smallest absolute Gasteiger partial charge is 0.256 e. The topological polar surface area (TPSA) is 126 Å². The molecule has 1 atom stereocenters. The van der Waals surface area contributed by atoms with Gasteiger partial charge in [0.2, 0.25) is 17.5 Å². The molecule has 2 aromatic carbocycles. The number of amides is 3. The number of likely N-dealkylation sites (tertiary alicyclic amines) is 1. The van der Waals surface area contributed by atoms with Gasteiger partial charge in [0, 0.05) is 72.4 Å². The van der Waals surface area contributed by atoms with Crippen LogP contribution in [0.5, 0.6) is 5.75 Å². The fourth-order valence-corrected chi connectivity index (χ4v) is 9.47. The molecule has 3 aliphatic heterocycles. The van der Waals surface area contributed by atoms with Gasteiger partial charge in [-0.2, -0.15) is 5.10 Å². The van der Waals surface area contributed by atoms with Crippen molar-refractivity contribution >= 4 is 57.3 Å². The Morgan fingerprint density at radius 3 is 2.51 bits per heavy atom. The number of aromatic nitrogens is 3. The number of carbonyl (C=O) groups excluding carboxylic acids is 3. The highest BCUT2D eigenvalue weighted by atomic mass is 35.5. The van der Waals surface area contributed by atoms with E-state index in [9.17, 15) is 14.4 Å². The van der Waals surface area contributed by atoms with Crippen molar-refractivity contribution in [1.82, 2.24) is 25.0 Å². The van der Waals surface area contributed by atoms with E-state index in [1.807, 2.05) is 18.2 Å². The molecule has 4 aromatic rings. The highest BCUT2D eigenvalue weighted by molar-refractivity contribution is 6.31. The van der Waals surface area contributed by atoms with Gasteiger partial charge in [0.05, 0.1) is 36.8 Å². The first-order chi connectivity index (χ1) is 26.7. The van der Waals surface area contributed by atoms with E-state index in [1.54, 1.807) is 7.11 Å². The number of pyridine rings is 1. The molecule has 2 N–H and O–H groups in total. The van der Waals surface area contributed by atoms with Gasteiger partial charge in [-0.05, 0) is 118 Å². The molecule has 2 aromatic heterocycles. The van der Waals surface area contributed by atoms with Crippen LogP contribution in [0.1, 0.15) is 92.1 Å². The summed E-state index contributed by atoms with van der Waals surface area (Å²) in [6.45, 7) is 12.7. The van der Waals surface area contributed by atoms with Crippen molar-refractivity contribution < 1.29 is 19.1 Å². The van der Waals surface area contributed by atoms with Crippen molar-refractivity contribution in [3.8, 4) is 5.75 Å². The van der Waals surface area contributed by atoms with Crippen molar-refractivity contribution in [1.29, 1.82) is 0 Å². The molecule has 3 amide bonds. The van der Waals surface area contributed by atoms with Crippen LogP contribution < -0.4 is 20.3 Å². The zero-order valence-electron chi connectivity index (χ0n) is 31.2. The number of imide groups is 1. The number of ether oxygens (including phenoxy) is 1. The predicted octanol–water partition coefficient (Wildman–Crippen LogP) is 7.53. The van der Waals surface area contributed by atoms with Gasteiger partial charge >= 0.3 is 0 Å². The van der Waals surface area contributed by atoms with E-state index in [0.717, 1.165) is 61.2 Å². The molecule has 55 heavy (non-hydrogen) atoms. The zero-order valence-corrected chi connectivity index (χ0v) is 32.0. The summed E-state index contributed by atoms with van der Waals surface area (Å²) in [6, 6.07) is 11.7. The van der Waals surface area contributed by atoms with E-state index in [2.05, 4.69) is 53.3 Å². The lowest BCUT2D eigenvalue weighted by Crippen LogP contribution is -2.48. The molecule has 0 bridgehead atoms. The summed E-state index contributed by atoms with van der Waals surface area (Å²) < 4.78 is 7.71. The average Bonchev–Trinajstić information content (AvgIpc) is 3.62. The number of hydrogen-bond donors (Lipinski definition) is 2. The summed E-state index contributed by atoms with van der Waals surface area (Å²) in [5.41, 5.74) is 4.33. The first-order valence-electron chi connectivity index (χ1n) is 19.5. The Morgan fingerprint density at radius 1 is 1.02 bits per heavy atom. The monoisotopic (exact) mass is 762 g/mol. The lowest BCUT2D eigenvalue weighted by molar-refractivity contribution is -0.134. The molecule has 1 unspecified atom stereocenters. The Bertz CT molecular complexity index is 2140. The number of methoxy groups -OCH3 is 1. The molecule has 13 heteroatoms. The standard InChI is InChI=1S/C42H47ClN8O4/c1-44-30-19-28(23-45-24-30)40(53)46-37-20-29-26-51(48-36(29)22-38(37)55-2)31-5-3-27(4-6-31)25-49-15-11-42(12-16-49)13-17-50(18-14-42)32-7-9-35(43)34(21-32)33-8-10-39(52)47-41(33)54/h7,9,19-24,26-27,31,33H,3-6,8,10-18,25H2,2H3,(H,46,53)(H,47,52,54). The van der Waals surface area contributed by atoms with Crippen molar-refractivity contribution in [3.63, 3.8) is 0 Å². The average molecular weight is 763 g/mol. The highest BCUT2D eigenvalue weighted by Gasteiger charge is 2.39. The Kier molecular flexibility index (Phi) is 10.5. The normalized spacial score (nSPS) is 23.0. The summed E-state index contributed by atoms with van der Waals surface area (Å²) in [6.07, 6.45) is 15.2. The van der Waals surface area contributed by atoms with E-state index in [-0.39, 0.29) is 23.6 Å². The Labute approximate surface area is 326 Å². The van der Waals surface area contributed by atoms with Gasteiger partial charge in [-0.25, -0.2) is 4.85 Å². The number of piperidine rings is 3. The molecule has 4 fully saturated rings. The third-order valence-electron chi connectivity index (χ3n) is 12.6. The van der Waals surface area contributed by atoms with Crippen LogP contribution in [0.4, 0.5) is 17.1 Å². The van der Waals surface area contributed by atoms with Crippen LogP contribution in [0, 0.1) is 17.9 Å². The Morgan fingerprint density at radius 2 is 1.78 bits per heavy atom. The fraction of sp³-hybridized carbons (Fsp3) is 0.476. The molecule has 1 spiro atoms. The molecule has 4 aliphatic rings. The van der Waals surface area contributed by atoms with Gasteiger partial charge in [0.25, 0.3) is 5.91 Å². The second kappa shape index (κ2) is 15.6. The molecular formula is C42H47ClN8O4. The summed E-state index contributed by atoms with van der Waals surface area (Å²) in [7, 11) is 1.58. The minimum atomic E-state index is -0.381. The van der Waals surface area contributed by atoms with Gasteiger partial charge in [0.1, 0.15) is 5.75 Å². The summed E-state index contributed by atoms with van der Waals surface area (Å²) >= 11 is 6.56. The largest absolute Gasteiger partial charge is 0.494 e. The highest BCUT2D eigenvalue weighted by Crippen LogP contribution is 2.44. The lowest BCUT2D eigenvalue weighted by atomic mass is 9.71. The van der Waals surface area contributed by atoms with Crippen LogP contribution in [0.25, 0.3) is 15.7 Å². The van der Waals surface area contributed by atoms with Gasteiger partial charge in [0.15, 0.2) is 0 Å². The van der Waals surface area contributed by atoms with Crippen LogP contribution in [-0.2, 0) is 9.59 Å². The quantitative estimate of drug-likeness (QED) is 0.139. The SMILES string of the molecule is [C-]#[N+]c1cncc(C(=O)Nc2cc3cn(C4CCC(CN5CCC6(CC5)CCN(c5ccc(Cl)c(C7CCC(=O)NC7=O)c5)CC6)CC4)nc3cc2OC)c1. The van der Waals surface area contributed by atoms with Crippen LogP contribution in [0.2, 0.25) is 5.02 Å². The van der Waals surface area contributed by atoms with E-state index in [4.69, 9.17) is 28.0 Å². The number of halogens is 1. The number of benzene rings is 2. The molecule has 5 heterocycles. The molecule has 3 saturated heterocycles. The molecule has 12 nitrogen and oxygen atoms in total. The maximum absolute atomic E-state index is 13.0. The molecule has 8 rings (SSSR count). The van der Waals surface area contributed by atoms with E-state index < -0.39 is 0 Å². The second-order valence-electron chi connectivity index (χ2n) is 15.9. The molecule has 1 saturated carbocycles. The molecule has 286 valence electrons. The third-order valence-corrected chi connectivity index (χ3v) is 13.0. The number of anilines is 2. The second-order valence-corrected chi connectivity index (χ2v) is 16.3. The van der Waals surface area contributed by atoms with Crippen molar-refractivity contribution in [3.05, 3.63) is 82.6 Å². The summed E-state index contributed by atoms with van der Waals surface area (Å²) in [5.74, 6) is 0.0261. The third kappa shape index (κ3) is 7.91. The van der Waals surface area contributed by atoms with Crippen molar-refractivity contribution in [2.24, 2.45) is 11.3 Å². The summed E-state index contributed by atoms with van der Waals surface area (Å²) in [4.78, 5) is 49.8. The van der Waals surface area contributed by atoms with Crippen molar-refractivity contribution in [2.45, 2.75) is 76.2 Å². The van der Waals surface area contributed by atoms with Crippen LogP contribution in [0.15, 0.2) is 55.0 Å². The minimum Gasteiger partial charge on any atom is -0.494 e. The number of hydrogen-bond acceptors (Lipinski definition) is 8. The molecular weight excluding hydrogens is 716 g/mol. The molecule has 0 radical (unpaired) electrons. The van der Waals surface area contributed by atoms with Gasteiger partial charge < -0.3 is 19.9 Å². The maximum atomic E-state index is 13.0. The first kappa shape index (κ1) is 37.0. The van der Waals surface area contributed by atoms with Gasteiger partial charge in [-0.1, -0.05) is 11.6 Å². The first-order valence-corrected chi connectivity index (χ1v) is 19.9. The Balaban J connectivity index is 0.814. The predicted molar refractivity (Wildman–Crippen MR) is 212 cm³/mol. The zero-order chi connectivity index (χ0) is 38.1. The van der Waals surface area contributed by atoms with E-state index in [1.165, 1.54) is 63.5 Å². The Hall–Kier alpha value is -4.99. The van der Waals surface area contributed by atoms with E-state index in [0.29, 0.717) is 57.9 Å². The van der Waals surface area contributed by atoms with Gasteiger partial charge in [-0.15, -0.1) is 0 Å². The maximum Gasteiger partial charge on any atom is 0.256 e. The van der Waals surface area contributed by atoms with Crippen LogP contribution in [-0.4, -0.2) is 77.2 Å². The summed E-state index contributed by atoms with van der Waals surface area (Å²) in [5, 5.41) is 11.8. The fourth-order valence-electron chi connectivity index (χ4n) is 9.22. The number of nitrogens with one attached hydrogen (secondary N) is 2. The number of rotatable bonds is 8. The van der Waals surface area contributed by atoms with Crippen LogP contribution >= 0.6 is 11.6 Å².